The Kier molecular flexibility index (Phi) is 39.4. The molecule has 408 valence electrons. The minimum Gasteiger partial charge on any atom is -0.457 e. The van der Waals surface area contributed by atoms with Gasteiger partial charge in [0.1, 0.15) is 54.9 Å². The highest BCUT2D eigenvalue weighted by molar-refractivity contribution is 5.69. The van der Waals surface area contributed by atoms with E-state index in [1.807, 2.05) is 0 Å². The maximum atomic E-state index is 13.0. The molecule has 0 aromatic rings. The smallest absolute Gasteiger partial charge is 0.306 e. The lowest BCUT2D eigenvalue weighted by Gasteiger charge is -2.42. The third-order valence-corrected chi connectivity index (χ3v) is 12.4. The quantitative estimate of drug-likeness (QED) is 0.0173. The number of hydrogen-bond donors (Lipinski definition) is 7. The molecule has 2 saturated heterocycles. The molecule has 2 aliphatic rings. The lowest BCUT2D eigenvalue weighted by atomic mass is 9.98. The van der Waals surface area contributed by atoms with E-state index in [-0.39, 0.29) is 19.6 Å². The molecule has 0 spiro atoms. The fraction of sp³-hybridized carbons (Fsp3) is 0.737. The summed E-state index contributed by atoms with van der Waals surface area (Å²) in [7, 11) is 0. The summed E-state index contributed by atoms with van der Waals surface area (Å²) >= 11 is 0. The van der Waals surface area contributed by atoms with Crippen LogP contribution in [0.3, 0.4) is 0 Å². The van der Waals surface area contributed by atoms with Gasteiger partial charge in [0, 0.05) is 13.0 Å². The van der Waals surface area contributed by atoms with Crippen molar-refractivity contribution in [2.75, 3.05) is 33.0 Å². The second-order valence-electron chi connectivity index (χ2n) is 18.7. The Labute approximate surface area is 427 Å². The number of aliphatic hydroxyl groups excluding tert-OH is 7. The van der Waals surface area contributed by atoms with Crippen molar-refractivity contribution < 1.29 is 69.0 Å². The normalized spacial score (nSPS) is 26.0. The highest BCUT2D eigenvalue weighted by Gasteiger charge is 2.47. The first-order valence-electron chi connectivity index (χ1n) is 27.2. The Morgan fingerprint density at radius 1 is 0.479 bits per heavy atom. The molecule has 0 aromatic heterocycles. The summed E-state index contributed by atoms with van der Waals surface area (Å²) in [6.07, 6.45) is 39.3. The highest BCUT2D eigenvalue weighted by Crippen LogP contribution is 2.26. The van der Waals surface area contributed by atoms with Crippen molar-refractivity contribution in [1.29, 1.82) is 0 Å². The molecule has 0 aliphatic carbocycles. The Bertz CT molecular complexity index is 1490. The van der Waals surface area contributed by atoms with Crippen molar-refractivity contribution in [1.82, 2.24) is 0 Å². The monoisotopic (exact) mass is 1000 g/mol. The Morgan fingerprint density at radius 3 is 1.44 bits per heavy atom. The van der Waals surface area contributed by atoms with Crippen LogP contribution in [0.2, 0.25) is 0 Å². The third kappa shape index (κ3) is 30.8. The molecule has 7 N–H and O–H groups in total. The predicted molar refractivity (Wildman–Crippen MR) is 279 cm³/mol. The van der Waals surface area contributed by atoms with Gasteiger partial charge in [-0.3, -0.25) is 4.79 Å². The van der Waals surface area contributed by atoms with Crippen molar-refractivity contribution in [3.8, 4) is 0 Å². The van der Waals surface area contributed by atoms with Gasteiger partial charge < -0.3 is 64.2 Å². The van der Waals surface area contributed by atoms with Crippen LogP contribution >= 0.6 is 0 Å². The summed E-state index contributed by atoms with van der Waals surface area (Å²) < 4.78 is 34.3. The van der Waals surface area contributed by atoms with Crippen LogP contribution in [0.1, 0.15) is 168 Å². The zero-order valence-corrected chi connectivity index (χ0v) is 43.4. The van der Waals surface area contributed by atoms with Crippen molar-refractivity contribution in [3.05, 3.63) is 85.1 Å². The van der Waals surface area contributed by atoms with Gasteiger partial charge in [-0.15, -0.1) is 0 Å². The maximum absolute atomic E-state index is 13.0. The number of esters is 1. The molecule has 2 heterocycles. The third-order valence-electron chi connectivity index (χ3n) is 12.4. The first kappa shape index (κ1) is 64.3. The fourth-order valence-corrected chi connectivity index (χ4v) is 7.99. The fourth-order valence-electron chi connectivity index (χ4n) is 7.99. The van der Waals surface area contributed by atoms with E-state index >= 15 is 0 Å². The molecule has 0 amide bonds. The molecule has 2 fully saturated rings. The molecule has 2 rings (SSSR count). The lowest BCUT2D eigenvalue weighted by Crippen LogP contribution is -2.61. The van der Waals surface area contributed by atoms with E-state index in [0.717, 1.165) is 103 Å². The zero-order valence-electron chi connectivity index (χ0n) is 43.4. The molecule has 71 heavy (non-hydrogen) atoms. The van der Waals surface area contributed by atoms with Crippen molar-refractivity contribution in [3.63, 3.8) is 0 Å². The second-order valence-corrected chi connectivity index (χ2v) is 18.7. The summed E-state index contributed by atoms with van der Waals surface area (Å²) in [4.78, 5) is 13.0. The van der Waals surface area contributed by atoms with Crippen LogP contribution in [0.15, 0.2) is 85.1 Å². The minimum absolute atomic E-state index is 0.0294. The molecule has 14 nitrogen and oxygen atoms in total. The van der Waals surface area contributed by atoms with E-state index in [1.165, 1.54) is 38.5 Å². The number of hydrogen-bond acceptors (Lipinski definition) is 14. The van der Waals surface area contributed by atoms with Gasteiger partial charge in [-0.2, -0.15) is 0 Å². The molecule has 0 aromatic carbocycles. The molecule has 11 atom stereocenters. The van der Waals surface area contributed by atoms with E-state index < -0.39 is 86.7 Å². The molecule has 2 aliphatic heterocycles. The summed E-state index contributed by atoms with van der Waals surface area (Å²) in [6, 6.07) is 0. The lowest BCUT2D eigenvalue weighted by molar-refractivity contribution is -0.332. The van der Waals surface area contributed by atoms with Crippen molar-refractivity contribution >= 4 is 5.97 Å². The Morgan fingerprint density at radius 2 is 0.915 bits per heavy atom. The number of aliphatic hydroxyl groups is 7. The van der Waals surface area contributed by atoms with Gasteiger partial charge in [-0.25, -0.2) is 0 Å². The minimum atomic E-state index is -1.72. The van der Waals surface area contributed by atoms with E-state index in [2.05, 4.69) is 98.9 Å². The molecular weight excluding hydrogens is 909 g/mol. The number of unbranched alkanes of at least 4 members (excludes halogenated alkanes) is 14. The molecule has 14 heteroatoms. The van der Waals surface area contributed by atoms with Crippen molar-refractivity contribution in [2.24, 2.45) is 0 Å². The van der Waals surface area contributed by atoms with Gasteiger partial charge in [-0.05, 0) is 89.9 Å². The molecular formula is C57H96O14. The van der Waals surface area contributed by atoms with Crippen LogP contribution in [0.4, 0.5) is 0 Å². The van der Waals surface area contributed by atoms with Crippen LogP contribution in [-0.4, -0.2) is 142 Å². The van der Waals surface area contributed by atoms with Gasteiger partial charge in [0.15, 0.2) is 12.6 Å². The number of rotatable bonds is 42. The van der Waals surface area contributed by atoms with Gasteiger partial charge in [0.05, 0.1) is 26.4 Å². The average Bonchev–Trinajstić information content (AvgIpc) is 3.37. The van der Waals surface area contributed by atoms with Crippen molar-refractivity contribution in [2.45, 2.75) is 235 Å². The topological polar surface area (TPSA) is 214 Å². The summed E-state index contributed by atoms with van der Waals surface area (Å²) in [5, 5.41) is 72.2. The SMILES string of the molecule is CC/C=C\C/C=C\C/C=C\C/C=C\CCCCCOCC(COC1OC(COC2OC(CO)C(O)C(O)C2O)C(O)C(O)C1O)OC(=O)CCCCCCCC/C=C\C/C=C\C/C=C\CCCCCCC. The van der Waals surface area contributed by atoms with Crippen LogP contribution in [0, 0.1) is 0 Å². The molecule has 0 bridgehead atoms. The van der Waals surface area contributed by atoms with E-state index in [9.17, 15) is 40.5 Å². The summed E-state index contributed by atoms with van der Waals surface area (Å²) in [5.41, 5.74) is 0. The number of ether oxygens (including phenoxy) is 6. The largest absolute Gasteiger partial charge is 0.457 e. The number of carbonyl (C=O) groups excluding carboxylic acids is 1. The maximum Gasteiger partial charge on any atom is 0.306 e. The summed E-state index contributed by atoms with van der Waals surface area (Å²) in [6.45, 7) is 3.45. The number of carbonyl (C=O) groups is 1. The Hall–Kier alpha value is -2.83. The second kappa shape index (κ2) is 43.6. The van der Waals surface area contributed by atoms with Crippen LogP contribution in [0.25, 0.3) is 0 Å². The standard InChI is InChI=1S/C57H96O14/c1-3-5-7-9-11-13-15-17-19-21-22-23-24-25-26-28-30-32-34-36-38-40-49(59)69-46(43-66-41-39-37-35-33-31-29-27-20-18-16-14-12-10-8-6-4-2)44-67-56-55(65)53(63)51(61)48(71-56)45-68-57-54(64)52(62)50(60)47(42-58)70-57/h6,8,12,14-15,17-18,20-22,24-25,29,31,46-48,50-58,60-65H,3-5,7,9-11,13,16,19,23,26-28,30,32-45H2,1-2H3/b8-6-,14-12-,17-15-,20-18-,22-21-,25-24-,31-29-. The predicted octanol–water partition coefficient (Wildman–Crippen LogP) is 8.85. The van der Waals surface area contributed by atoms with Gasteiger partial charge in [0.25, 0.3) is 0 Å². The van der Waals surface area contributed by atoms with E-state index in [1.54, 1.807) is 0 Å². The molecule has 11 unspecified atom stereocenters. The highest BCUT2D eigenvalue weighted by atomic mass is 16.7. The molecule has 0 saturated carbocycles. The zero-order chi connectivity index (χ0) is 51.6. The van der Waals surface area contributed by atoms with E-state index in [0.29, 0.717) is 13.0 Å². The van der Waals surface area contributed by atoms with Gasteiger partial charge in [-0.1, -0.05) is 157 Å². The number of allylic oxidation sites excluding steroid dienone is 14. The van der Waals surface area contributed by atoms with Gasteiger partial charge >= 0.3 is 5.97 Å². The van der Waals surface area contributed by atoms with Crippen LogP contribution in [0.5, 0.6) is 0 Å². The Balaban J connectivity index is 1.77. The first-order chi connectivity index (χ1) is 34.6. The average molecular weight is 1010 g/mol. The molecule has 0 radical (unpaired) electrons. The van der Waals surface area contributed by atoms with E-state index in [4.69, 9.17) is 28.4 Å². The van der Waals surface area contributed by atoms with Crippen LogP contribution < -0.4 is 0 Å². The first-order valence-corrected chi connectivity index (χ1v) is 27.2. The summed E-state index contributed by atoms with van der Waals surface area (Å²) in [5.74, 6) is -0.403. The van der Waals surface area contributed by atoms with Gasteiger partial charge in [0.2, 0.25) is 0 Å². The van der Waals surface area contributed by atoms with Crippen LogP contribution in [-0.2, 0) is 33.2 Å².